The number of hydrogen-bond acceptors (Lipinski definition) is 5. The molecule has 0 aliphatic carbocycles. The van der Waals surface area contributed by atoms with E-state index in [1.165, 1.54) is 20.4 Å². The van der Waals surface area contributed by atoms with Gasteiger partial charge in [-0.2, -0.15) is 5.10 Å². The van der Waals surface area contributed by atoms with E-state index < -0.39 is 5.91 Å². The van der Waals surface area contributed by atoms with E-state index >= 15 is 0 Å². The molecule has 0 heterocycles. The molecular formula is C19H16Br2N2O4. The maximum absolute atomic E-state index is 12.3. The molecule has 0 aromatic heterocycles. The Morgan fingerprint density at radius 2 is 1.96 bits per heavy atom. The van der Waals surface area contributed by atoms with Gasteiger partial charge in [0.1, 0.15) is 12.4 Å². The zero-order chi connectivity index (χ0) is 19.8. The van der Waals surface area contributed by atoms with Crippen LogP contribution in [0.2, 0.25) is 0 Å². The van der Waals surface area contributed by atoms with Crippen LogP contribution in [0.3, 0.4) is 0 Å². The van der Waals surface area contributed by atoms with Crippen LogP contribution in [-0.2, 0) is 0 Å². The molecule has 0 saturated heterocycles. The summed E-state index contributed by atoms with van der Waals surface area (Å²) in [6.07, 6.45) is 6.72. The lowest BCUT2D eigenvalue weighted by molar-refractivity contribution is 0.0954. The van der Waals surface area contributed by atoms with Gasteiger partial charge < -0.3 is 14.2 Å². The first-order valence-corrected chi connectivity index (χ1v) is 9.19. The molecule has 0 radical (unpaired) electrons. The molecule has 0 saturated carbocycles. The summed E-state index contributed by atoms with van der Waals surface area (Å²) in [5.41, 5.74) is 3.48. The van der Waals surface area contributed by atoms with Gasteiger partial charge in [0, 0.05) is 15.6 Å². The van der Waals surface area contributed by atoms with E-state index in [2.05, 4.69) is 48.3 Å². The van der Waals surface area contributed by atoms with Gasteiger partial charge in [-0.1, -0.05) is 21.9 Å². The predicted molar refractivity (Wildman–Crippen MR) is 111 cm³/mol. The second-order valence-electron chi connectivity index (χ2n) is 5.07. The molecular weight excluding hydrogens is 480 g/mol. The number of terminal acetylenes is 1. The molecule has 27 heavy (non-hydrogen) atoms. The number of carbonyl (C=O) groups is 1. The standard InChI is InChI=1S/C19H16Br2N2O4/c1-4-7-27-18-13(8-14(20)10-15(18)21)11-22-23-19(24)12-5-6-16(25-2)17(9-12)26-3/h1,5-6,8-11H,7H2,2-3H3,(H,23,24)/b22-11+. The number of ether oxygens (including phenoxy) is 3. The summed E-state index contributed by atoms with van der Waals surface area (Å²) in [5, 5.41) is 4.00. The SMILES string of the molecule is C#CCOc1c(Br)cc(Br)cc1/C=N/NC(=O)c1ccc(OC)c(OC)c1. The summed E-state index contributed by atoms with van der Waals surface area (Å²) >= 11 is 6.82. The number of nitrogens with zero attached hydrogens (tertiary/aromatic N) is 1. The van der Waals surface area contributed by atoms with Gasteiger partial charge in [0.05, 0.1) is 24.9 Å². The number of hydrazone groups is 1. The Bertz CT molecular complexity index is 907. The van der Waals surface area contributed by atoms with Crippen LogP contribution in [0.25, 0.3) is 0 Å². The molecule has 0 fully saturated rings. The Kier molecular flexibility index (Phi) is 7.70. The Hall–Kier alpha value is -2.50. The van der Waals surface area contributed by atoms with E-state index in [1.54, 1.807) is 24.3 Å². The fourth-order valence-electron chi connectivity index (χ4n) is 2.14. The highest BCUT2D eigenvalue weighted by Gasteiger charge is 2.11. The van der Waals surface area contributed by atoms with Crippen molar-refractivity contribution in [2.45, 2.75) is 0 Å². The molecule has 0 atom stereocenters. The molecule has 0 aliphatic heterocycles. The third-order valence-corrected chi connectivity index (χ3v) is 4.40. The van der Waals surface area contributed by atoms with Gasteiger partial charge in [0.2, 0.25) is 0 Å². The minimum Gasteiger partial charge on any atom is -0.493 e. The van der Waals surface area contributed by atoms with E-state index in [4.69, 9.17) is 20.6 Å². The predicted octanol–water partition coefficient (Wildman–Crippen LogP) is 4.00. The van der Waals surface area contributed by atoms with Gasteiger partial charge in [-0.3, -0.25) is 4.79 Å². The lowest BCUT2D eigenvalue weighted by Gasteiger charge is -2.10. The monoisotopic (exact) mass is 494 g/mol. The summed E-state index contributed by atoms with van der Waals surface area (Å²) in [7, 11) is 3.03. The second kappa shape index (κ2) is 10.00. The highest BCUT2D eigenvalue weighted by atomic mass is 79.9. The van der Waals surface area contributed by atoms with Crippen LogP contribution in [0.4, 0.5) is 0 Å². The molecule has 0 spiro atoms. The minimum atomic E-state index is -0.396. The number of methoxy groups -OCH3 is 2. The minimum absolute atomic E-state index is 0.110. The van der Waals surface area contributed by atoms with Crippen molar-refractivity contribution >= 4 is 44.0 Å². The molecule has 6 nitrogen and oxygen atoms in total. The second-order valence-corrected chi connectivity index (χ2v) is 6.84. The van der Waals surface area contributed by atoms with Crippen molar-refractivity contribution in [3.8, 4) is 29.6 Å². The Labute approximate surface area is 174 Å². The zero-order valence-corrected chi connectivity index (χ0v) is 17.8. The first-order chi connectivity index (χ1) is 13.0. The Morgan fingerprint density at radius 1 is 1.22 bits per heavy atom. The van der Waals surface area contributed by atoms with E-state index in [1.807, 2.05) is 6.07 Å². The fraction of sp³-hybridized carbons (Fsp3) is 0.158. The highest BCUT2D eigenvalue weighted by Crippen LogP contribution is 2.32. The first-order valence-electron chi connectivity index (χ1n) is 7.61. The van der Waals surface area contributed by atoms with Gasteiger partial charge in [-0.15, -0.1) is 6.42 Å². The average molecular weight is 496 g/mol. The van der Waals surface area contributed by atoms with E-state index in [-0.39, 0.29) is 6.61 Å². The van der Waals surface area contributed by atoms with Crippen molar-refractivity contribution in [1.29, 1.82) is 0 Å². The summed E-state index contributed by atoms with van der Waals surface area (Å²) in [6.45, 7) is 0.110. The molecule has 0 aliphatic rings. The number of rotatable bonds is 7. The van der Waals surface area contributed by atoms with E-state index in [9.17, 15) is 4.79 Å². The molecule has 1 N–H and O–H groups in total. The van der Waals surface area contributed by atoms with Crippen molar-refractivity contribution < 1.29 is 19.0 Å². The molecule has 0 bridgehead atoms. The van der Waals surface area contributed by atoms with E-state index in [0.717, 1.165) is 4.47 Å². The van der Waals surface area contributed by atoms with Crippen LogP contribution in [0.1, 0.15) is 15.9 Å². The van der Waals surface area contributed by atoms with Gasteiger partial charge in [0.25, 0.3) is 5.91 Å². The maximum atomic E-state index is 12.3. The molecule has 0 unspecified atom stereocenters. The zero-order valence-electron chi connectivity index (χ0n) is 14.6. The number of halogens is 2. The Balaban J connectivity index is 2.18. The Morgan fingerprint density at radius 3 is 2.63 bits per heavy atom. The van der Waals surface area contributed by atoms with E-state index in [0.29, 0.717) is 32.8 Å². The average Bonchev–Trinajstić information content (AvgIpc) is 2.66. The molecule has 2 rings (SSSR count). The van der Waals surface area contributed by atoms with Crippen LogP contribution in [0, 0.1) is 12.3 Å². The number of hydrogen-bond donors (Lipinski definition) is 1. The highest BCUT2D eigenvalue weighted by molar-refractivity contribution is 9.11. The first kappa shape index (κ1) is 20.8. The molecule has 2 aromatic rings. The number of amides is 1. The van der Waals surface area contributed by atoms with Crippen molar-refractivity contribution in [3.05, 3.63) is 50.4 Å². The summed E-state index contributed by atoms with van der Waals surface area (Å²) < 4.78 is 17.4. The van der Waals surface area contributed by atoms with Crippen LogP contribution < -0.4 is 19.6 Å². The molecule has 8 heteroatoms. The normalized spacial score (nSPS) is 10.3. The van der Waals surface area contributed by atoms with Crippen LogP contribution >= 0.6 is 31.9 Å². The summed E-state index contributed by atoms with van der Waals surface area (Å²) in [4.78, 5) is 12.3. The number of benzene rings is 2. The molecule has 140 valence electrons. The number of carbonyl (C=O) groups excluding carboxylic acids is 1. The van der Waals surface area contributed by atoms with Gasteiger partial charge >= 0.3 is 0 Å². The third kappa shape index (κ3) is 5.49. The van der Waals surface area contributed by atoms with Gasteiger partial charge in [-0.05, 0) is 46.3 Å². The maximum Gasteiger partial charge on any atom is 0.271 e. The fourth-order valence-corrected chi connectivity index (χ4v) is 3.52. The van der Waals surface area contributed by atoms with Crippen molar-refractivity contribution in [2.75, 3.05) is 20.8 Å². The largest absolute Gasteiger partial charge is 0.493 e. The van der Waals surface area contributed by atoms with Gasteiger partial charge in [0.15, 0.2) is 11.5 Å². The third-order valence-electron chi connectivity index (χ3n) is 3.35. The summed E-state index contributed by atoms with van der Waals surface area (Å²) in [5.74, 6) is 3.53. The number of nitrogens with one attached hydrogen (secondary N) is 1. The van der Waals surface area contributed by atoms with Crippen LogP contribution in [0.15, 0.2) is 44.4 Å². The quantitative estimate of drug-likeness (QED) is 0.358. The van der Waals surface area contributed by atoms with Crippen LogP contribution in [0.5, 0.6) is 17.2 Å². The smallest absolute Gasteiger partial charge is 0.271 e. The van der Waals surface area contributed by atoms with Crippen LogP contribution in [-0.4, -0.2) is 32.9 Å². The molecule has 2 aromatic carbocycles. The lowest BCUT2D eigenvalue weighted by Crippen LogP contribution is -2.17. The van der Waals surface area contributed by atoms with Crippen molar-refractivity contribution in [2.24, 2.45) is 5.10 Å². The lowest BCUT2D eigenvalue weighted by atomic mass is 10.2. The summed E-state index contributed by atoms with van der Waals surface area (Å²) in [6, 6.07) is 8.45. The van der Waals surface area contributed by atoms with Crippen molar-refractivity contribution in [3.63, 3.8) is 0 Å². The molecule has 1 amide bonds. The topological polar surface area (TPSA) is 69.2 Å². The van der Waals surface area contributed by atoms with Crippen molar-refractivity contribution in [1.82, 2.24) is 5.43 Å². The van der Waals surface area contributed by atoms with Gasteiger partial charge in [-0.25, -0.2) is 5.43 Å².